The largest absolute Gasteiger partial charge is 0.384 e. The van der Waals surface area contributed by atoms with Crippen molar-refractivity contribution in [2.45, 2.75) is 0 Å². The second kappa shape index (κ2) is 3.86. The number of para-hydroxylation sites is 1. The number of hydrogen-bond acceptors (Lipinski definition) is 4. The number of H-pyrrole nitrogens is 1. The Kier molecular flexibility index (Phi) is 2.21. The fourth-order valence-corrected chi connectivity index (χ4v) is 1.90. The molecule has 0 saturated heterocycles. The zero-order chi connectivity index (χ0) is 12.5. The molecule has 18 heavy (non-hydrogen) atoms. The molecular weight excluding hydrogens is 226 g/mol. The van der Waals surface area contributed by atoms with Crippen molar-refractivity contribution in [3.05, 3.63) is 42.2 Å². The second-order valence-corrected chi connectivity index (χ2v) is 3.86. The quantitative estimate of drug-likeness (QED) is 0.675. The molecule has 5 heteroatoms. The van der Waals surface area contributed by atoms with E-state index in [4.69, 9.17) is 11.0 Å². The van der Waals surface area contributed by atoms with Crippen molar-refractivity contribution in [1.29, 1.82) is 5.26 Å². The summed E-state index contributed by atoms with van der Waals surface area (Å²) in [5.41, 5.74) is 7.78. The van der Waals surface area contributed by atoms with Crippen LogP contribution in [0.5, 0.6) is 0 Å². The minimum atomic E-state index is 0.266. The predicted octanol–water partition coefficient (Wildman–Crippen LogP) is 2.08. The van der Waals surface area contributed by atoms with Crippen LogP contribution in [0.25, 0.3) is 22.3 Å². The van der Waals surface area contributed by atoms with Gasteiger partial charge in [-0.2, -0.15) is 5.26 Å². The van der Waals surface area contributed by atoms with Crippen LogP contribution in [0.2, 0.25) is 0 Å². The Hall–Kier alpha value is -2.87. The molecule has 3 rings (SSSR count). The normalized spacial score (nSPS) is 10.4. The van der Waals surface area contributed by atoms with Crippen molar-refractivity contribution in [1.82, 2.24) is 15.0 Å². The highest BCUT2D eigenvalue weighted by Gasteiger charge is 2.10. The number of aromatic nitrogens is 3. The average molecular weight is 235 g/mol. The Bertz CT molecular complexity index is 766. The maximum absolute atomic E-state index is 8.89. The van der Waals surface area contributed by atoms with Crippen LogP contribution in [0.4, 0.5) is 5.82 Å². The van der Waals surface area contributed by atoms with Gasteiger partial charge < -0.3 is 10.7 Å². The smallest absolute Gasteiger partial charge is 0.165 e. The molecule has 0 fully saturated rings. The molecule has 0 radical (unpaired) electrons. The summed E-state index contributed by atoms with van der Waals surface area (Å²) in [5.74, 6) is 0.755. The summed E-state index contributed by atoms with van der Waals surface area (Å²) in [4.78, 5) is 11.5. The Morgan fingerprint density at radius 1 is 1.22 bits per heavy atom. The fourth-order valence-electron chi connectivity index (χ4n) is 1.90. The molecule has 5 nitrogen and oxygen atoms in total. The molecule has 0 spiro atoms. The number of benzene rings is 1. The number of nitrogens with two attached hydrogens (primary N) is 1. The lowest BCUT2D eigenvalue weighted by atomic mass is 10.1. The molecule has 0 unspecified atom stereocenters. The Balaban J connectivity index is 2.27. The number of hydrogen-bond donors (Lipinski definition) is 2. The van der Waals surface area contributed by atoms with Crippen LogP contribution >= 0.6 is 0 Å². The third-order valence-electron chi connectivity index (χ3n) is 2.69. The lowest BCUT2D eigenvalue weighted by Gasteiger charge is -2.00. The first-order valence-electron chi connectivity index (χ1n) is 5.39. The van der Waals surface area contributed by atoms with Gasteiger partial charge in [-0.3, -0.25) is 0 Å². The molecule has 86 valence electrons. The molecule has 3 N–H and O–H groups in total. The third kappa shape index (κ3) is 1.57. The molecule has 2 heterocycles. The van der Waals surface area contributed by atoms with Crippen LogP contribution in [0, 0.1) is 11.3 Å². The van der Waals surface area contributed by atoms with Gasteiger partial charge in [0.05, 0.1) is 0 Å². The highest BCUT2D eigenvalue weighted by Crippen LogP contribution is 2.26. The number of rotatable bonds is 1. The maximum Gasteiger partial charge on any atom is 0.165 e. The van der Waals surface area contributed by atoms with E-state index >= 15 is 0 Å². The van der Waals surface area contributed by atoms with Gasteiger partial charge in [-0.1, -0.05) is 18.2 Å². The Morgan fingerprint density at radius 3 is 2.89 bits per heavy atom. The summed E-state index contributed by atoms with van der Waals surface area (Å²) in [5, 5.41) is 9.90. The van der Waals surface area contributed by atoms with Crippen LogP contribution in [0.1, 0.15) is 5.69 Å². The summed E-state index contributed by atoms with van der Waals surface area (Å²) in [6, 6.07) is 11.3. The van der Waals surface area contributed by atoms with E-state index in [0.717, 1.165) is 16.5 Å². The van der Waals surface area contributed by atoms with Gasteiger partial charge in [0, 0.05) is 28.7 Å². The van der Waals surface area contributed by atoms with Crippen LogP contribution in [-0.2, 0) is 0 Å². The van der Waals surface area contributed by atoms with Gasteiger partial charge in [0.15, 0.2) is 5.82 Å². The molecule has 3 aromatic rings. The molecule has 2 aromatic heterocycles. The lowest BCUT2D eigenvalue weighted by molar-refractivity contribution is 1.16. The van der Waals surface area contributed by atoms with Gasteiger partial charge in [-0.15, -0.1) is 0 Å². The van der Waals surface area contributed by atoms with Gasteiger partial charge in [0.2, 0.25) is 0 Å². The minimum absolute atomic E-state index is 0.266. The number of aromatic amines is 1. The van der Waals surface area contributed by atoms with E-state index in [0.29, 0.717) is 11.6 Å². The molecule has 0 aliphatic heterocycles. The average Bonchev–Trinajstić information content (AvgIpc) is 2.81. The van der Waals surface area contributed by atoms with E-state index in [-0.39, 0.29) is 5.69 Å². The van der Waals surface area contributed by atoms with Gasteiger partial charge in [-0.05, 0) is 6.07 Å². The lowest BCUT2D eigenvalue weighted by Crippen LogP contribution is -1.97. The van der Waals surface area contributed by atoms with Crippen molar-refractivity contribution in [3.8, 4) is 17.5 Å². The van der Waals surface area contributed by atoms with Crippen LogP contribution < -0.4 is 5.73 Å². The molecule has 0 amide bonds. The summed E-state index contributed by atoms with van der Waals surface area (Å²) in [7, 11) is 0. The van der Waals surface area contributed by atoms with Crippen LogP contribution in [0.15, 0.2) is 36.5 Å². The highest BCUT2D eigenvalue weighted by molar-refractivity contribution is 5.93. The van der Waals surface area contributed by atoms with Gasteiger partial charge in [0.1, 0.15) is 17.6 Å². The number of fused-ring (bicyclic) bond motifs is 1. The molecule has 0 aliphatic rings. The number of nitrogen functional groups attached to an aromatic ring is 1. The number of anilines is 1. The summed E-state index contributed by atoms with van der Waals surface area (Å²) in [6.07, 6.45) is 1.82. The number of nitrogens with one attached hydrogen (secondary N) is 1. The minimum Gasteiger partial charge on any atom is -0.384 e. The van der Waals surface area contributed by atoms with E-state index in [9.17, 15) is 0 Å². The standard InChI is InChI=1S/C13H9N5/c14-6-8-5-12(15)18-13(17-8)10-7-16-11-4-2-1-3-9(10)11/h1-5,7,16H,(H2,15,17,18). The monoisotopic (exact) mass is 235 g/mol. The van der Waals surface area contributed by atoms with Crippen LogP contribution in [-0.4, -0.2) is 15.0 Å². The molecule has 1 aromatic carbocycles. The van der Waals surface area contributed by atoms with Crippen molar-refractivity contribution in [3.63, 3.8) is 0 Å². The van der Waals surface area contributed by atoms with E-state index in [1.807, 2.05) is 36.5 Å². The summed E-state index contributed by atoms with van der Waals surface area (Å²) < 4.78 is 0. The van der Waals surface area contributed by atoms with Gasteiger partial charge in [-0.25, -0.2) is 9.97 Å². The van der Waals surface area contributed by atoms with Crippen molar-refractivity contribution in [2.75, 3.05) is 5.73 Å². The van der Waals surface area contributed by atoms with Gasteiger partial charge >= 0.3 is 0 Å². The SMILES string of the molecule is N#Cc1cc(N)nc(-c2c[nH]c3ccccc23)n1. The van der Waals surface area contributed by atoms with Crippen molar-refractivity contribution in [2.24, 2.45) is 0 Å². The Labute approximate surface area is 103 Å². The second-order valence-electron chi connectivity index (χ2n) is 3.86. The first kappa shape index (κ1) is 10.3. The summed E-state index contributed by atoms with van der Waals surface area (Å²) >= 11 is 0. The van der Waals surface area contributed by atoms with E-state index in [2.05, 4.69) is 15.0 Å². The van der Waals surface area contributed by atoms with Crippen molar-refractivity contribution >= 4 is 16.7 Å². The third-order valence-corrected chi connectivity index (χ3v) is 2.69. The van der Waals surface area contributed by atoms with E-state index in [1.54, 1.807) is 0 Å². The highest BCUT2D eigenvalue weighted by atomic mass is 14.9. The summed E-state index contributed by atoms with van der Waals surface area (Å²) in [6.45, 7) is 0. The van der Waals surface area contributed by atoms with Gasteiger partial charge in [0.25, 0.3) is 0 Å². The zero-order valence-corrected chi connectivity index (χ0v) is 9.38. The number of nitrogens with zero attached hydrogens (tertiary/aromatic N) is 3. The first-order chi connectivity index (χ1) is 8.78. The topological polar surface area (TPSA) is 91.4 Å². The van der Waals surface area contributed by atoms with Crippen LogP contribution in [0.3, 0.4) is 0 Å². The Morgan fingerprint density at radius 2 is 2.06 bits per heavy atom. The molecular formula is C13H9N5. The molecule has 0 saturated carbocycles. The molecule has 0 atom stereocenters. The molecule has 0 bridgehead atoms. The molecule has 0 aliphatic carbocycles. The van der Waals surface area contributed by atoms with Crippen molar-refractivity contribution < 1.29 is 0 Å². The zero-order valence-electron chi connectivity index (χ0n) is 9.38. The number of nitriles is 1. The predicted molar refractivity (Wildman–Crippen MR) is 68.5 cm³/mol. The van der Waals surface area contributed by atoms with E-state index in [1.165, 1.54) is 6.07 Å². The maximum atomic E-state index is 8.89. The fraction of sp³-hybridized carbons (Fsp3) is 0. The first-order valence-corrected chi connectivity index (χ1v) is 5.39. The van der Waals surface area contributed by atoms with E-state index < -0.39 is 0 Å².